The van der Waals surface area contributed by atoms with E-state index in [1.165, 1.54) is 0 Å². The van der Waals surface area contributed by atoms with Crippen LogP contribution in [0.2, 0.25) is 5.02 Å². The van der Waals surface area contributed by atoms with Gasteiger partial charge in [0.15, 0.2) is 0 Å². The molecule has 0 bridgehead atoms. The normalized spacial score (nSPS) is 11.3. The van der Waals surface area contributed by atoms with Crippen molar-refractivity contribution >= 4 is 29.2 Å². The molecule has 2 aromatic carbocycles. The first-order chi connectivity index (χ1) is 11.1. The number of unbranched alkanes of at least 4 members (excludes halogenated alkanes) is 1. The molecule has 1 N–H and O–H groups in total. The van der Waals surface area contributed by atoms with Gasteiger partial charge in [-0.2, -0.15) is 0 Å². The molecule has 2 rings (SSSR count). The van der Waals surface area contributed by atoms with Gasteiger partial charge in [0.1, 0.15) is 5.75 Å². The Balaban J connectivity index is 2.19. The minimum atomic E-state index is -0.976. The van der Waals surface area contributed by atoms with Crippen molar-refractivity contribution < 1.29 is 14.6 Å². The van der Waals surface area contributed by atoms with Gasteiger partial charge < -0.3 is 9.84 Å². The first kappa shape index (κ1) is 17.1. The van der Waals surface area contributed by atoms with Crippen LogP contribution in [0, 0.1) is 0 Å². The fraction of sp³-hybridized carbons (Fsp3) is 0.211. The van der Waals surface area contributed by atoms with Crippen LogP contribution in [0.5, 0.6) is 5.75 Å². The third kappa shape index (κ3) is 5.15. The fourth-order valence-electron chi connectivity index (χ4n) is 2.06. The Bertz CT molecular complexity index is 673. The van der Waals surface area contributed by atoms with Crippen LogP contribution in [0.1, 0.15) is 30.9 Å². The molecule has 0 atom stereocenters. The molecule has 0 radical (unpaired) electrons. The highest BCUT2D eigenvalue weighted by Gasteiger charge is 2.10. The lowest BCUT2D eigenvalue weighted by Gasteiger charge is -2.06. The van der Waals surface area contributed by atoms with Crippen molar-refractivity contribution in [3.05, 3.63) is 64.7 Å². The second kappa shape index (κ2) is 8.39. The number of carbonyl (C=O) groups is 1. The summed E-state index contributed by atoms with van der Waals surface area (Å²) in [7, 11) is 0. The van der Waals surface area contributed by atoms with Crippen molar-refractivity contribution in [3.8, 4) is 5.75 Å². The molecule has 4 heteroatoms. The Hall–Kier alpha value is -2.26. The van der Waals surface area contributed by atoms with Crippen LogP contribution in [-0.2, 0) is 4.79 Å². The van der Waals surface area contributed by atoms with Gasteiger partial charge in [-0.3, -0.25) is 0 Å². The van der Waals surface area contributed by atoms with Crippen molar-refractivity contribution in [1.82, 2.24) is 0 Å². The van der Waals surface area contributed by atoms with Gasteiger partial charge in [0.05, 0.1) is 12.2 Å². The van der Waals surface area contributed by atoms with E-state index < -0.39 is 5.97 Å². The van der Waals surface area contributed by atoms with E-state index in [9.17, 15) is 9.90 Å². The van der Waals surface area contributed by atoms with E-state index in [0.29, 0.717) is 17.2 Å². The Morgan fingerprint density at radius 3 is 2.35 bits per heavy atom. The van der Waals surface area contributed by atoms with Gasteiger partial charge in [0, 0.05) is 5.02 Å². The first-order valence-corrected chi connectivity index (χ1v) is 7.91. The summed E-state index contributed by atoms with van der Waals surface area (Å²) in [6.45, 7) is 2.80. The summed E-state index contributed by atoms with van der Waals surface area (Å²) in [5, 5.41) is 10.0. The number of carboxylic acid groups (broad SMARTS) is 1. The zero-order chi connectivity index (χ0) is 16.7. The smallest absolute Gasteiger partial charge is 0.336 e. The molecule has 0 aliphatic rings. The molecule has 23 heavy (non-hydrogen) atoms. The lowest BCUT2D eigenvalue weighted by Crippen LogP contribution is -1.99. The average Bonchev–Trinajstić information content (AvgIpc) is 2.55. The van der Waals surface area contributed by atoms with Gasteiger partial charge in [0.25, 0.3) is 0 Å². The van der Waals surface area contributed by atoms with Gasteiger partial charge >= 0.3 is 5.97 Å². The number of rotatable bonds is 7. The molecular weight excluding hydrogens is 312 g/mol. The van der Waals surface area contributed by atoms with Crippen LogP contribution in [0.25, 0.3) is 11.6 Å². The van der Waals surface area contributed by atoms with Crippen molar-refractivity contribution in [2.75, 3.05) is 6.61 Å². The zero-order valence-corrected chi connectivity index (χ0v) is 13.7. The van der Waals surface area contributed by atoms with E-state index in [0.717, 1.165) is 24.2 Å². The number of carboxylic acids is 1. The molecule has 120 valence electrons. The maximum atomic E-state index is 11.5. The number of hydrogen-bond acceptors (Lipinski definition) is 2. The predicted octanol–water partition coefficient (Wildman–Crippen LogP) is 5.14. The molecule has 0 saturated carbocycles. The van der Waals surface area contributed by atoms with E-state index >= 15 is 0 Å². The monoisotopic (exact) mass is 330 g/mol. The topological polar surface area (TPSA) is 46.5 Å². The Morgan fingerprint density at radius 2 is 1.78 bits per heavy atom. The highest BCUT2D eigenvalue weighted by molar-refractivity contribution is 6.30. The minimum absolute atomic E-state index is 0.223. The molecule has 0 aliphatic heterocycles. The molecule has 0 heterocycles. The first-order valence-electron chi connectivity index (χ1n) is 7.54. The van der Waals surface area contributed by atoms with Gasteiger partial charge in [-0.1, -0.05) is 49.2 Å². The van der Waals surface area contributed by atoms with E-state index in [1.807, 2.05) is 24.3 Å². The predicted molar refractivity (Wildman–Crippen MR) is 93.8 cm³/mol. The number of benzene rings is 2. The zero-order valence-electron chi connectivity index (χ0n) is 13.0. The summed E-state index contributed by atoms with van der Waals surface area (Å²) in [6.07, 6.45) is 3.74. The van der Waals surface area contributed by atoms with Crippen molar-refractivity contribution in [2.45, 2.75) is 19.8 Å². The Morgan fingerprint density at radius 1 is 1.13 bits per heavy atom. The standard InChI is InChI=1S/C19H19ClO3/c1-2-3-12-23-17-10-4-14(5-11-17)13-18(19(21)22)15-6-8-16(20)9-7-15/h4-11,13H,2-3,12H2,1H3,(H,21,22)/b18-13-. The lowest BCUT2D eigenvalue weighted by molar-refractivity contribution is -0.130. The highest BCUT2D eigenvalue weighted by atomic mass is 35.5. The summed E-state index contributed by atoms with van der Waals surface area (Å²) in [4.78, 5) is 11.5. The molecule has 0 saturated heterocycles. The second-order valence-electron chi connectivity index (χ2n) is 5.14. The van der Waals surface area contributed by atoms with E-state index in [2.05, 4.69) is 6.92 Å². The molecule has 3 nitrogen and oxygen atoms in total. The van der Waals surface area contributed by atoms with Crippen LogP contribution in [0.3, 0.4) is 0 Å². The van der Waals surface area contributed by atoms with Gasteiger partial charge in [0.2, 0.25) is 0 Å². The van der Waals surface area contributed by atoms with Gasteiger partial charge in [-0.05, 0) is 47.9 Å². The number of halogens is 1. The summed E-state index contributed by atoms with van der Waals surface area (Å²) < 4.78 is 5.60. The second-order valence-corrected chi connectivity index (χ2v) is 5.58. The largest absolute Gasteiger partial charge is 0.494 e. The maximum absolute atomic E-state index is 11.5. The van der Waals surface area contributed by atoms with E-state index in [1.54, 1.807) is 30.3 Å². The Kier molecular flexibility index (Phi) is 6.24. The minimum Gasteiger partial charge on any atom is -0.494 e. The highest BCUT2D eigenvalue weighted by Crippen LogP contribution is 2.22. The molecule has 2 aromatic rings. The number of ether oxygens (including phenoxy) is 1. The number of aliphatic carboxylic acids is 1. The maximum Gasteiger partial charge on any atom is 0.336 e. The fourth-order valence-corrected chi connectivity index (χ4v) is 2.19. The van der Waals surface area contributed by atoms with Crippen LogP contribution >= 0.6 is 11.6 Å². The third-order valence-corrected chi connectivity index (χ3v) is 3.60. The lowest BCUT2D eigenvalue weighted by atomic mass is 10.0. The summed E-state index contributed by atoms with van der Waals surface area (Å²) >= 11 is 5.84. The average molecular weight is 331 g/mol. The summed E-state index contributed by atoms with van der Waals surface area (Å²) in [6, 6.07) is 14.2. The number of hydrogen-bond donors (Lipinski definition) is 1. The van der Waals surface area contributed by atoms with Crippen LogP contribution in [0.4, 0.5) is 0 Å². The van der Waals surface area contributed by atoms with Gasteiger partial charge in [-0.25, -0.2) is 4.79 Å². The molecule has 0 unspecified atom stereocenters. The SMILES string of the molecule is CCCCOc1ccc(/C=C(\C(=O)O)c2ccc(Cl)cc2)cc1. The summed E-state index contributed by atoms with van der Waals surface area (Å²) in [5.41, 5.74) is 1.65. The van der Waals surface area contributed by atoms with Crippen LogP contribution < -0.4 is 4.74 Å². The molecule has 0 aromatic heterocycles. The van der Waals surface area contributed by atoms with E-state index in [-0.39, 0.29) is 5.57 Å². The Labute approximate surface area is 141 Å². The molecule has 0 amide bonds. The van der Waals surface area contributed by atoms with Crippen molar-refractivity contribution in [3.63, 3.8) is 0 Å². The molecule has 0 spiro atoms. The molecule has 0 fully saturated rings. The van der Waals surface area contributed by atoms with E-state index in [4.69, 9.17) is 16.3 Å². The van der Waals surface area contributed by atoms with Crippen molar-refractivity contribution in [2.24, 2.45) is 0 Å². The van der Waals surface area contributed by atoms with Crippen LogP contribution in [0.15, 0.2) is 48.5 Å². The molecular formula is C19H19ClO3. The van der Waals surface area contributed by atoms with Crippen LogP contribution in [-0.4, -0.2) is 17.7 Å². The third-order valence-electron chi connectivity index (χ3n) is 3.34. The summed E-state index contributed by atoms with van der Waals surface area (Å²) in [5.74, 6) is -0.186. The van der Waals surface area contributed by atoms with Crippen molar-refractivity contribution in [1.29, 1.82) is 0 Å². The quantitative estimate of drug-likeness (QED) is 0.434. The molecule has 0 aliphatic carbocycles. The van der Waals surface area contributed by atoms with Gasteiger partial charge in [-0.15, -0.1) is 0 Å².